The van der Waals surface area contributed by atoms with Crippen LogP contribution >= 0.6 is 11.3 Å². The van der Waals surface area contributed by atoms with Crippen LogP contribution in [0.2, 0.25) is 0 Å². The van der Waals surface area contributed by atoms with Crippen LogP contribution in [-0.2, 0) is 20.0 Å². The summed E-state index contributed by atoms with van der Waals surface area (Å²) in [6, 6.07) is -0.147. The van der Waals surface area contributed by atoms with Crippen LogP contribution in [0.4, 0.5) is 0 Å². The topological polar surface area (TPSA) is 76.1 Å². The molecule has 22 heavy (non-hydrogen) atoms. The average Bonchev–Trinajstić information content (AvgIpc) is 2.95. The molecule has 7 heteroatoms. The Morgan fingerprint density at radius 1 is 1.50 bits per heavy atom. The van der Waals surface area contributed by atoms with Gasteiger partial charge in [-0.15, -0.1) is 11.3 Å². The van der Waals surface area contributed by atoms with Crippen molar-refractivity contribution in [3.63, 3.8) is 0 Å². The highest BCUT2D eigenvalue weighted by Gasteiger charge is 2.30. The summed E-state index contributed by atoms with van der Waals surface area (Å²) >= 11 is 1.55. The second kappa shape index (κ2) is 6.28. The predicted molar refractivity (Wildman–Crippen MR) is 88.7 cm³/mol. The zero-order chi connectivity index (χ0) is 16.5. The van der Waals surface area contributed by atoms with Crippen LogP contribution in [0.25, 0.3) is 0 Å². The van der Waals surface area contributed by atoms with Gasteiger partial charge in [0.15, 0.2) is 9.84 Å². The van der Waals surface area contributed by atoms with E-state index in [1.807, 2.05) is 12.3 Å². The molecule has 0 bridgehead atoms. The van der Waals surface area contributed by atoms with Gasteiger partial charge in [0.05, 0.1) is 23.2 Å². The van der Waals surface area contributed by atoms with Gasteiger partial charge >= 0.3 is 0 Å². The highest BCUT2D eigenvalue weighted by molar-refractivity contribution is 7.91. The number of rotatable bonds is 4. The number of thiazole rings is 1. The molecule has 1 saturated heterocycles. The summed E-state index contributed by atoms with van der Waals surface area (Å²) < 4.78 is 22.8. The zero-order valence-electron chi connectivity index (χ0n) is 13.5. The molecule has 0 saturated carbocycles. The Morgan fingerprint density at radius 3 is 2.68 bits per heavy atom. The summed E-state index contributed by atoms with van der Waals surface area (Å²) in [7, 11) is -2.93. The molecule has 2 heterocycles. The van der Waals surface area contributed by atoms with E-state index in [9.17, 15) is 13.2 Å². The molecule has 1 fully saturated rings. The average molecular weight is 345 g/mol. The first kappa shape index (κ1) is 17.4. The molecule has 124 valence electrons. The monoisotopic (exact) mass is 344 g/mol. The van der Waals surface area contributed by atoms with Crippen molar-refractivity contribution in [2.45, 2.75) is 52.0 Å². The molecule has 5 nitrogen and oxygen atoms in total. The summed E-state index contributed by atoms with van der Waals surface area (Å²) in [5.41, 5.74) is 1.02. The van der Waals surface area contributed by atoms with Crippen LogP contribution in [0.1, 0.15) is 57.3 Å². The molecule has 0 aromatic carbocycles. The lowest BCUT2D eigenvalue weighted by Crippen LogP contribution is -2.28. The van der Waals surface area contributed by atoms with E-state index < -0.39 is 9.84 Å². The van der Waals surface area contributed by atoms with E-state index in [-0.39, 0.29) is 41.2 Å². The standard InChI is InChI=1S/C15H24N2O3S2/c1-10(14-17-12(8-21-14)15(2,3)4)16-13(18)7-11-5-6-22(19,20)9-11/h8,10-11H,5-7,9H2,1-4H3,(H,16,18)/t10-,11+/m0/s1. The summed E-state index contributed by atoms with van der Waals surface area (Å²) in [4.78, 5) is 16.7. The van der Waals surface area contributed by atoms with E-state index in [4.69, 9.17) is 0 Å². The number of nitrogens with one attached hydrogen (secondary N) is 1. The minimum Gasteiger partial charge on any atom is -0.347 e. The maximum atomic E-state index is 12.1. The van der Waals surface area contributed by atoms with E-state index in [2.05, 4.69) is 31.1 Å². The number of amides is 1. The van der Waals surface area contributed by atoms with Crippen LogP contribution in [0.15, 0.2) is 5.38 Å². The van der Waals surface area contributed by atoms with Crippen molar-refractivity contribution >= 4 is 27.1 Å². The molecular formula is C15H24N2O3S2. The first-order chi connectivity index (χ1) is 10.1. The smallest absolute Gasteiger partial charge is 0.220 e. The summed E-state index contributed by atoms with van der Waals surface area (Å²) in [6.07, 6.45) is 0.872. The van der Waals surface area contributed by atoms with Crippen molar-refractivity contribution in [2.24, 2.45) is 5.92 Å². The molecule has 2 rings (SSSR count). The van der Waals surface area contributed by atoms with Crippen molar-refractivity contribution in [3.8, 4) is 0 Å². The van der Waals surface area contributed by atoms with E-state index in [0.717, 1.165) is 10.7 Å². The zero-order valence-corrected chi connectivity index (χ0v) is 15.2. The number of aromatic nitrogens is 1. The fraction of sp³-hybridized carbons (Fsp3) is 0.733. The Kier molecular flexibility index (Phi) is 4.96. The second-order valence-corrected chi connectivity index (χ2v) is 10.2. The minimum absolute atomic E-state index is 0.00329. The van der Waals surface area contributed by atoms with Gasteiger partial charge in [-0.3, -0.25) is 4.79 Å². The first-order valence-electron chi connectivity index (χ1n) is 7.52. The minimum atomic E-state index is -2.93. The fourth-order valence-corrected chi connectivity index (χ4v) is 5.40. The summed E-state index contributed by atoms with van der Waals surface area (Å²) in [5.74, 6) is 0.211. The SMILES string of the molecule is C[C@H](NC(=O)C[C@H]1CCS(=O)(=O)C1)c1nc(C(C)(C)C)cs1. The Labute approximate surface area is 136 Å². The van der Waals surface area contributed by atoms with Gasteiger partial charge in [0.2, 0.25) is 5.91 Å². The second-order valence-electron chi connectivity index (χ2n) is 7.08. The third kappa shape index (κ3) is 4.52. The van der Waals surface area contributed by atoms with Crippen LogP contribution in [0.5, 0.6) is 0 Å². The van der Waals surface area contributed by atoms with E-state index in [0.29, 0.717) is 6.42 Å². The van der Waals surface area contributed by atoms with Gasteiger partial charge in [-0.1, -0.05) is 20.8 Å². The largest absolute Gasteiger partial charge is 0.347 e. The van der Waals surface area contributed by atoms with Crippen LogP contribution in [0.3, 0.4) is 0 Å². The van der Waals surface area contributed by atoms with Gasteiger partial charge in [0.25, 0.3) is 0 Å². The molecule has 0 radical (unpaired) electrons. The molecule has 2 atom stereocenters. The highest BCUT2D eigenvalue weighted by atomic mass is 32.2. The highest BCUT2D eigenvalue weighted by Crippen LogP contribution is 2.27. The molecule has 0 spiro atoms. The number of carbonyl (C=O) groups excluding carboxylic acids is 1. The Balaban J connectivity index is 1.90. The van der Waals surface area contributed by atoms with Gasteiger partial charge in [0, 0.05) is 17.2 Å². The van der Waals surface area contributed by atoms with Crippen LogP contribution in [0, 0.1) is 5.92 Å². The van der Waals surface area contributed by atoms with E-state index >= 15 is 0 Å². The first-order valence-corrected chi connectivity index (χ1v) is 10.2. The Hall–Kier alpha value is -0.950. The molecule has 1 aliphatic heterocycles. The summed E-state index contributed by atoms with van der Waals surface area (Å²) in [6.45, 7) is 8.23. The summed E-state index contributed by atoms with van der Waals surface area (Å²) in [5, 5.41) is 5.85. The van der Waals surface area contributed by atoms with Crippen molar-refractivity contribution in [1.29, 1.82) is 0 Å². The molecule has 1 amide bonds. The lowest BCUT2D eigenvalue weighted by molar-refractivity contribution is -0.122. The Morgan fingerprint density at radius 2 is 2.18 bits per heavy atom. The van der Waals surface area contributed by atoms with Gasteiger partial charge in [0.1, 0.15) is 5.01 Å². The van der Waals surface area contributed by atoms with Crippen molar-refractivity contribution in [2.75, 3.05) is 11.5 Å². The predicted octanol–water partition coefficient (Wildman–Crippen LogP) is 2.44. The third-order valence-corrected chi connectivity index (χ3v) is 6.70. The lowest BCUT2D eigenvalue weighted by Gasteiger charge is -2.16. The molecule has 0 aliphatic carbocycles. The number of hydrogen-bond acceptors (Lipinski definition) is 5. The van der Waals surface area contributed by atoms with Crippen molar-refractivity contribution < 1.29 is 13.2 Å². The molecular weight excluding hydrogens is 320 g/mol. The van der Waals surface area contributed by atoms with Crippen LogP contribution in [-0.4, -0.2) is 30.8 Å². The van der Waals surface area contributed by atoms with Crippen LogP contribution < -0.4 is 5.32 Å². The van der Waals surface area contributed by atoms with Gasteiger partial charge in [-0.25, -0.2) is 13.4 Å². The number of hydrogen-bond donors (Lipinski definition) is 1. The fourth-order valence-electron chi connectivity index (χ4n) is 2.49. The molecule has 1 aromatic heterocycles. The number of carbonyl (C=O) groups is 1. The van der Waals surface area contributed by atoms with Gasteiger partial charge < -0.3 is 5.32 Å². The molecule has 1 aliphatic rings. The van der Waals surface area contributed by atoms with E-state index in [1.165, 1.54) is 0 Å². The molecule has 1 aromatic rings. The normalized spacial score (nSPS) is 22.5. The number of sulfone groups is 1. The molecule has 0 unspecified atom stereocenters. The maximum absolute atomic E-state index is 12.1. The lowest BCUT2D eigenvalue weighted by atomic mass is 9.93. The quantitative estimate of drug-likeness (QED) is 0.910. The van der Waals surface area contributed by atoms with Crippen molar-refractivity contribution in [3.05, 3.63) is 16.1 Å². The van der Waals surface area contributed by atoms with Gasteiger partial charge in [-0.05, 0) is 19.3 Å². The third-order valence-electron chi connectivity index (χ3n) is 3.84. The van der Waals surface area contributed by atoms with Crippen molar-refractivity contribution in [1.82, 2.24) is 10.3 Å². The molecule has 1 N–H and O–H groups in total. The van der Waals surface area contributed by atoms with Gasteiger partial charge in [-0.2, -0.15) is 0 Å². The Bertz CT molecular complexity index is 644. The van der Waals surface area contributed by atoms with E-state index in [1.54, 1.807) is 11.3 Å². The number of nitrogens with zero attached hydrogens (tertiary/aromatic N) is 1. The maximum Gasteiger partial charge on any atom is 0.220 e.